The number of aromatic amines is 1. The molecule has 1 heterocycles. The quantitative estimate of drug-likeness (QED) is 0.873. The van der Waals surface area contributed by atoms with E-state index >= 15 is 0 Å². The molecule has 1 fully saturated rings. The van der Waals surface area contributed by atoms with Crippen molar-refractivity contribution in [3.8, 4) is 0 Å². The minimum absolute atomic E-state index is 0.0978. The molecule has 0 saturated heterocycles. The molecule has 2 rings (SSSR count). The fourth-order valence-corrected chi connectivity index (χ4v) is 2.72. The lowest BCUT2D eigenvalue weighted by atomic mass is 10.1. The van der Waals surface area contributed by atoms with Gasteiger partial charge < -0.3 is 4.90 Å². The number of H-pyrrole nitrogens is 1. The summed E-state index contributed by atoms with van der Waals surface area (Å²) >= 11 is 0. The molecule has 1 N–H and O–H groups in total. The van der Waals surface area contributed by atoms with Crippen LogP contribution in [0.1, 0.15) is 47.4 Å². The van der Waals surface area contributed by atoms with Crippen LogP contribution in [0, 0.1) is 19.8 Å². The summed E-state index contributed by atoms with van der Waals surface area (Å²) in [7, 11) is 1.90. The molecule has 94 valence electrons. The summed E-state index contributed by atoms with van der Waals surface area (Å²) in [5.74, 6) is 0.789. The van der Waals surface area contributed by atoms with Gasteiger partial charge in [0.2, 0.25) is 0 Å². The van der Waals surface area contributed by atoms with E-state index in [2.05, 4.69) is 10.2 Å². The van der Waals surface area contributed by atoms with Crippen LogP contribution >= 0.6 is 0 Å². The number of nitrogens with zero attached hydrogens (tertiary/aromatic N) is 2. The molecule has 1 aliphatic rings. The minimum Gasteiger partial charge on any atom is -0.341 e. The smallest absolute Gasteiger partial charge is 0.257 e. The Balaban J connectivity index is 2.04. The molecule has 1 aliphatic carbocycles. The summed E-state index contributed by atoms with van der Waals surface area (Å²) in [4.78, 5) is 14.1. The highest BCUT2D eigenvalue weighted by molar-refractivity contribution is 5.96. The second kappa shape index (κ2) is 4.90. The van der Waals surface area contributed by atoms with Gasteiger partial charge in [-0.1, -0.05) is 12.8 Å². The van der Waals surface area contributed by atoms with E-state index in [1.165, 1.54) is 25.7 Å². The lowest BCUT2D eigenvalue weighted by molar-refractivity contribution is 0.0772. The molecule has 4 nitrogen and oxygen atoms in total. The van der Waals surface area contributed by atoms with Crippen LogP contribution in [0.3, 0.4) is 0 Å². The van der Waals surface area contributed by atoms with Crippen molar-refractivity contribution >= 4 is 5.91 Å². The monoisotopic (exact) mass is 235 g/mol. The maximum absolute atomic E-state index is 12.3. The van der Waals surface area contributed by atoms with Crippen molar-refractivity contribution in [1.82, 2.24) is 15.1 Å². The summed E-state index contributed by atoms with van der Waals surface area (Å²) in [6.45, 7) is 4.65. The van der Waals surface area contributed by atoms with E-state index in [1.807, 2.05) is 25.8 Å². The minimum atomic E-state index is 0.0978. The molecule has 0 atom stereocenters. The molecule has 0 aromatic carbocycles. The molecule has 4 heteroatoms. The number of hydrogen-bond donors (Lipinski definition) is 1. The molecule has 0 bridgehead atoms. The second-order valence-corrected chi connectivity index (χ2v) is 5.15. The first-order valence-electron chi connectivity index (χ1n) is 6.36. The highest BCUT2D eigenvalue weighted by Gasteiger charge is 2.23. The van der Waals surface area contributed by atoms with Crippen molar-refractivity contribution in [3.05, 3.63) is 17.0 Å². The Morgan fingerprint density at radius 2 is 2.06 bits per heavy atom. The molecule has 0 aliphatic heterocycles. The third-order valence-electron chi connectivity index (χ3n) is 3.70. The summed E-state index contributed by atoms with van der Waals surface area (Å²) in [5, 5.41) is 6.95. The highest BCUT2D eigenvalue weighted by Crippen LogP contribution is 2.25. The lowest BCUT2D eigenvalue weighted by Crippen LogP contribution is -2.31. The van der Waals surface area contributed by atoms with Gasteiger partial charge in [-0.3, -0.25) is 9.89 Å². The van der Waals surface area contributed by atoms with Crippen LogP contribution in [-0.2, 0) is 0 Å². The van der Waals surface area contributed by atoms with Crippen LogP contribution in [0.4, 0.5) is 0 Å². The number of aromatic nitrogens is 2. The molecular weight excluding hydrogens is 214 g/mol. The van der Waals surface area contributed by atoms with Crippen molar-refractivity contribution in [2.24, 2.45) is 5.92 Å². The lowest BCUT2D eigenvalue weighted by Gasteiger charge is -2.21. The molecular formula is C13H21N3O. The summed E-state index contributed by atoms with van der Waals surface area (Å²) in [5.41, 5.74) is 2.40. The van der Waals surface area contributed by atoms with Gasteiger partial charge in [0, 0.05) is 19.3 Å². The number of carbonyl (C=O) groups excluding carboxylic acids is 1. The van der Waals surface area contributed by atoms with Gasteiger partial charge in [0.05, 0.1) is 11.3 Å². The molecule has 1 saturated carbocycles. The first-order valence-corrected chi connectivity index (χ1v) is 6.36. The molecule has 17 heavy (non-hydrogen) atoms. The standard InChI is InChI=1S/C13H21N3O/c1-9-12(10(2)15-14-9)13(17)16(3)8-11-6-4-5-7-11/h11H,4-8H2,1-3H3,(H,14,15). The number of hydrogen-bond acceptors (Lipinski definition) is 2. The van der Waals surface area contributed by atoms with E-state index in [-0.39, 0.29) is 5.91 Å². The van der Waals surface area contributed by atoms with Gasteiger partial charge in [-0.15, -0.1) is 0 Å². The van der Waals surface area contributed by atoms with Gasteiger partial charge in [-0.05, 0) is 32.6 Å². The van der Waals surface area contributed by atoms with Crippen molar-refractivity contribution in [3.63, 3.8) is 0 Å². The topological polar surface area (TPSA) is 49.0 Å². The summed E-state index contributed by atoms with van der Waals surface area (Å²) < 4.78 is 0. The van der Waals surface area contributed by atoms with Crippen LogP contribution < -0.4 is 0 Å². The molecule has 0 radical (unpaired) electrons. The first-order chi connectivity index (χ1) is 8.09. The van der Waals surface area contributed by atoms with Crippen LogP contribution in [-0.4, -0.2) is 34.6 Å². The average Bonchev–Trinajstić information content (AvgIpc) is 2.89. The Labute approximate surface area is 102 Å². The zero-order chi connectivity index (χ0) is 12.4. The third kappa shape index (κ3) is 2.51. The van der Waals surface area contributed by atoms with Gasteiger partial charge in [-0.25, -0.2) is 0 Å². The van der Waals surface area contributed by atoms with Gasteiger partial charge in [-0.2, -0.15) is 5.10 Å². The SMILES string of the molecule is Cc1n[nH]c(C)c1C(=O)N(C)CC1CCCC1. The predicted molar refractivity (Wildman–Crippen MR) is 67.0 cm³/mol. The number of rotatable bonds is 3. The summed E-state index contributed by atoms with van der Waals surface area (Å²) in [6, 6.07) is 0. The van der Waals surface area contributed by atoms with Crippen LogP contribution in [0.5, 0.6) is 0 Å². The van der Waals surface area contributed by atoms with Crippen molar-refractivity contribution in [1.29, 1.82) is 0 Å². The van der Waals surface area contributed by atoms with Crippen LogP contribution in [0.15, 0.2) is 0 Å². The molecule has 0 spiro atoms. The third-order valence-corrected chi connectivity index (χ3v) is 3.70. The van der Waals surface area contributed by atoms with Gasteiger partial charge in [0.25, 0.3) is 5.91 Å². The largest absolute Gasteiger partial charge is 0.341 e. The zero-order valence-corrected chi connectivity index (χ0v) is 10.9. The van der Waals surface area contributed by atoms with Crippen molar-refractivity contribution < 1.29 is 4.79 Å². The Bertz CT molecular complexity index is 385. The molecule has 1 amide bonds. The van der Waals surface area contributed by atoms with Crippen LogP contribution in [0.2, 0.25) is 0 Å². The first kappa shape index (κ1) is 12.1. The number of carbonyl (C=O) groups is 1. The van der Waals surface area contributed by atoms with Crippen molar-refractivity contribution in [2.45, 2.75) is 39.5 Å². The van der Waals surface area contributed by atoms with Crippen LogP contribution in [0.25, 0.3) is 0 Å². The fraction of sp³-hybridized carbons (Fsp3) is 0.692. The maximum Gasteiger partial charge on any atom is 0.257 e. The zero-order valence-electron chi connectivity index (χ0n) is 10.9. The molecule has 0 unspecified atom stereocenters. The Morgan fingerprint density at radius 1 is 1.41 bits per heavy atom. The number of aryl methyl sites for hydroxylation is 2. The van der Waals surface area contributed by atoms with E-state index in [4.69, 9.17) is 0 Å². The molecule has 1 aromatic heterocycles. The summed E-state index contributed by atoms with van der Waals surface area (Å²) in [6.07, 6.45) is 5.16. The Kier molecular flexibility index (Phi) is 3.50. The maximum atomic E-state index is 12.3. The van der Waals surface area contributed by atoms with Crippen molar-refractivity contribution in [2.75, 3.05) is 13.6 Å². The Hall–Kier alpha value is -1.32. The van der Waals surface area contributed by atoms with E-state index in [0.29, 0.717) is 5.92 Å². The average molecular weight is 235 g/mol. The van der Waals surface area contributed by atoms with E-state index in [9.17, 15) is 4.79 Å². The van der Waals surface area contributed by atoms with Gasteiger partial charge in [0.15, 0.2) is 0 Å². The number of nitrogens with one attached hydrogen (secondary N) is 1. The second-order valence-electron chi connectivity index (χ2n) is 5.15. The molecule has 1 aromatic rings. The fourth-order valence-electron chi connectivity index (χ4n) is 2.72. The van der Waals surface area contributed by atoms with E-state index < -0.39 is 0 Å². The van der Waals surface area contributed by atoms with Gasteiger partial charge in [0.1, 0.15) is 0 Å². The number of amides is 1. The van der Waals surface area contributed by atoms with E-state index in [1.54, 1.807) is 0 Å². The Morgan fingerprint density at radius 3 is 2.59 bits per heavy atom. The normalized spacial score (nSPS) is 16.4. The predicted octanol–water partition coefficient (Wildman–Crippen LogP) is 2.29. The van der Waals surface area contributed by atoms with Gasteiger partial charge >= 0.3 is 0 Å². The highest BCUT2D eigenvalue weighted by atomic mass is 16.2. The van der Waals surface area contributed by atoms with E-state index in [0.717, 1.165) is 23.5 Å².